The van der Waals surface area contributed by atoms with E-state index in [1.165, 1.54) is 24.8 Å². The quantitative estimate of drug-likeness (QED) is 0.872. The lowest BCUT2D eigenvalue weighted by molar-refractivity contribution is 0.107. The van der Waals surface area contributed by atoms with Crippen molar-refractivity contribution in [1.29, 1.82) is 0 Å². The largest absolute Gasteiger partial charge is 0.389 e. The van der Waals surface area contributed by atoms with Gasteiger partial charge in [-0.25, -0.2) is 0 Å². The van der Waals surface area contributed by atoms with Crippen LogP contribution < -0.4 is 0 Å². The average molecular weight is 267 g/mol. The van der Waals surface area contributed by atoms with Crippen molar-refractivity contribution < 1.29 is 5.11 Å². The van der Waals surface area contributed by atoms with Gasteiger partial charge in [-0.05, 0) is 42.4 Å². The van der Waals surface area contributed by atoms with Gasteiger partial charge in [0, 0.05) is 10.9 Å². The maximum atomic E-state index is 10.4. The zero-order valence-corrected chi connectivity index (χ0v) is 10.2. The summed E-state index contributed by atoms with van der Waals surface area (Å²) < 4.78 is 1.11. The highest BCUT2D eigenvalue weighted by Crippen LogP contribution is 2.61. The minimum atomic E-state index is -0.355. The van der Waals surface area contributed by atoms with E-state index in [0.29, 0.717) is 11.8 Å². The van der Waals surface area contributed by atoms with Gasteiger partial charge in [0.15, 0.2) is 0 Å². The number of hydrogen-bond donors (Lipinski definition) is 1. The van der Waals surface area contributed by atoms with Gasteiger partial charge in [-0.3, -0.25) is 0 Å². The van der Waals surface area contributed by atoms with Crippen molar-refractivity contribution in [1.82, 2.24) is 0 Å². The minimum Gasteiger partial charge on any atom is -0.389 e. The number of fused-ring (bicyclic) bond motifs is 1. The van der Waals surface area contributed by atoms with E-state index >= 15 is 0 Å². The van der Waals surface area contributed by atoms with Crippen molar-refractivity contribution in [2.75, 3.05) is 0 Å². The third kappa shape index (κ3) is 1.55. The van der Waals surface area contributed by atoms with Crippen LogP contribution >= 0.6 is 15.9 Å². The molecule has 1 N–H and O–H groups in total. The summed E-state index contributed by atoms with van der Waals surface area (Å²) in [5.74, 6) is 1.20. The van der Waals surface area contributed by atoms with Gasteiger partial charge in [-0.15, -0.1) is 0 Å². The van der Waals surface area contributed by atoms with Crippen LogP contribution in [0.3, 0.4) is 0 Å². The van der Waals surface area contributed by atoms with E-state index in [4.69, 9.17) is 0 Å². The Morgan fingerprint density at radius 1 is 1.20 bits per heavy atom. The fraction of sp³-hybridized carbons (Fsp3) is 0.538. The molecule has 2 unspecified atom stereocenters. The van der Waals surface area contributed by atoms with Crippen LogP contribution in [0.5, 0.6) is 0 Å². The fourth-order valence-electron chi connectivity index (χ4n) is 3.24. The predicted octanol–water partition coefficient (Wildman–Crippen LogP) is 3.15. The van der Waals surface area contributed by atoms with Gasteiger partial charge in [0.05, 0.1) is 5.60 Å². The van der Waals surface area contributed by atoms with Crippen LogP contribution in [-0.4, -0.2) is 10.7 Å². The van der Waals surface area contributed by atoms with Gasteiger partial charge in [0.2, 0.25) is 0 Å². The Kier molecular flexibility index (Phi) is 2.18. The number of benzene rings is 1. The first-order valence-corrected chi connectivity index (χ1v) is 6.46. The second-order valence-electron chi connectivity index (χ2n) is 4.94. The summed E-state index contributed by atoms with van der Waals surface area (Å²) in [6.45, 7) is 0. The van der Waals surface area contributed by atoms with E-state index in [1.807, 2.05) is 0 Å². The minimum absolute atomic E-state index is 0.355. The lowest BCUT2D eigenvalue weighted by atomic mass is 9.99. The molecule has 0 aromatic heterocycles. The van der Waals surface area contributed by atoms with Gasteiger partial charge >= 0.3 is 0 Å². The van der Waals surface area contributed by atoms with E-state index in [0.717, 1.165) is 10.9 Å². The molecule has 0 radical (unpaired) electrons. The normalized spacial score (nSPS) is 37.7. The molecule has 2 aliphatic carbocycles. The second-order valence-corrected chi connectivity index (χ2v) is 5.85. The Labute approximate surface area is 98.6 Å². The lowest BCUT2D eigenvalue weighted by Gasteiger charge is -2.14. The smallest absolute Gasteiger partial charge is 0.0751 e. The van der Waals surface area contributed by atoms with Crippen LogP contribution in [0.25, 0.3) is 0 Å². The molecule has 0 bridgehead atoms. The van der Waals surface area contributed by atoms with Gasteiger partial charge < -0.3 is 5.11 Å². The van der Waals surface area contributed by atoms with E-state index in [-0.39, 0.29) is 5.60 Å². The van der Waals surface area contributed by atoms with E-state index < -0.39 is 0 Å². The molecule has 2 fully saturated rings. The molecule has 1 aromatic rings. The topological polar surface area (TPSA) is 20.2 Å². The summed E-state index contributed by atoms with van der Waals surface area (Å²) in [6.07, 6.45) is 4.63. The number of aliphatic hydroxyl groups is 1. The van der Waals surface area contributed by atoms with Crippen molar-refractivity contribution in [2.45, 2.75) is 31.3 Å². The van der Waals surface area contributed by atoms with Crippen molar-refractivity contribution in [2.24, 2.45) is 11.8 Å². The maximum absolute atomic E-state index is 10.4. The molecule has 1 aromatic carbocycles. The first-order chi connectivity index (χ1) is 7.20. The van der Waals surface area contributed by atoms with Crippen molar-refractivity contribution in [3.63, 3.8) is 0 Å². The highest BCUT2D eigenvalue weighted by molar-refractivity contribution is 9.10. The molecule has 2 atom stereocenters. The van der Waals surface area contributed by atoms with Crippen molar-refractivity contribution >= 4 is 15.9 Å². The standard InChI is InChI=1S/C13H15BrO/c14-10-6-4-9(5-7-10)8-13(15)11-2-1-3-12(11)13/h4-7,11-12,15H,1-3,8H2. The van der Waals surface area contributed by atoms with Crippen LogP contribution in [0.1, 0.15) is 24.8 Å². The molecule has 0 spiro atoms. The zero-order chi connectivity index (χ0) is 10.5. The second kappa shape index (κ2) is 3.33. The molecule has 15 heavy (non-hydrogen) atoms. The fourth-order valence-corrected chi connectivity index (χ4v) is 3.50. The van der Waals surface area contributed by atoms with E-state index in [2.05, 4.69) is 40.2 Å². The maximum Gasteiger partial charge on any atom is 0.0751 e. The number of hydrogen-bond acceptors (Lipinski definition) is 1. The van der Waals surface area contributed by atoms with Gasteiger partial charge in [0.25, 0.3) is 0 Å². The van der Waals surface area contributed by atoms with Crippen LogP contribution in [0.15, 0.2) is 28.7 Å². The summed E-state index contributed by atoms with van der Waals surface area (Å²) in [7, 11) is 0. The summed E-state index contributed by atoms with van der Waals surface area (Å²) in [4.78, 5) is 0. The lowest BCUT2D eigenvalue weighted by Crippen LogP contribution is -2.18. The molecule has 0 heterocycles. The van der Waals surface area contributed by atoms with E-state index in [1.54, 1.807) is 0 Å². The Morgan fingerprint density at radius 2 is 1.80 bits per heavy atom. The Morgan fingerprint density at radius 3 is 2.40 bits per heavy atom. The highest BCUT2D eigenvalue weighted by atomic mass is 79.9. The average Bonchev–Trinajstić information content (AvgIpc) is 2.67. The molecule has 0 aliphatic heterocycles. The Bertz CT molecular complexity index is 361. The van der Waals surface area contributed by atoms with Gasteiger partial charge in [0.1, 0.15) is 0 Å². The van der Waals surface area contributed by atoms with Crippen LogP contribution in [0.2, 0.25) is 0 Å². The molecular formula is C13H15BrO. The van der Waals surface area contributed by atoms with Crippen LogP contribution in [0, 0.1) is 11.8 Å². The molecule has 0 amide bonds. The molecular weight excluding hydrogens is 252 g/mol. The summed E-state index contributed by atoms with van der Waals surface area (Å²) in [6, 6.07) is 8.32. The first kappa shape index (κ1) is 9.86. The molecule has 2 saturated carbocycles. The van der Waals surface area contributed by atoms with Crippen molar-refractivity contribution in [3.8, 4) is 0 Å². The third-order valence-corrected chi connectivity index (χ3v) is 4.62. The van der Waals surface area contributed by atoms with Crippen molar-refractivity contribution in [3.05, 3.63) is 34.3 Å². The first-order valence-electron chi connectivity index (χ1n) is 5.67. The molecule has 2 heteroatoms. The SMILES string of the molecule is OC1(Cc2ccc(Br)cc2)C2CCCC21. The number of halogens is 1. The predicted molar refractivity (Wildman–Crippen MR) is 63.6 cm³/mol. The monoisotopic (exact) mass is 266 g/mol. The molecule has 0 saturated heterocycles. The third-order valence-electron chi connectivity index (χ3n) is 4.09. The summed E-state index contributed by atoms with van der Waals surface area (Å²) in [5.41, 5.74) is 0.904. The Hall–Kier alpha value is -0.340. The molecule has 2 aliphatic rings. The summed E-state index contributed by atoms with van der Waals surface area (Å²) >= 11 is 3.43. The highest BCUT2D eigenvalue weighted by Gasteiger charge is 2.64. The van der Waals surface area contributed by atoms with Gasteiger partial charge in [-0.1, -0.05) is 34.5 Å². The molecule has 3 rings (SSSR count). The zero-order valence-electron chi connectivity index (χ0n) is 8.62. The molecule has 80 valence electrons. The van der Waals surface area contributed by atoms with E-state index in [9.17, 15) is 5.11 Å². The summed E-state index contributed by atoms with van der Waals surface area (Å²) in [5, 5.41) is 10.4. The van der Waals surface area contributed by atoms with Crippen LogP contribution in [-0.2, 0) is 6.42 Å². The van der Waals surface area contributed by atoms with Crippen LogP contribution in [0.4, 0.5) is 0 Å². The Balaban J connectivity index is 1.74. The number of rotatable bonds is 2. The molecule has 1 nitrogen and oxygen atoms in total. The van der Waals surface area contributed by atoms with Gasteiger partial charge in [-0.2, -0.15) is 0 Å².